The van der Waals surface area contributed by atoms with Gasteiger partial charge < -0.3 is 4.74 Å². The van der Waals surface area contributed by atoms with Crippen LogP contribution in [0, 0.1) is 0 Å². The number of hydrogen-bond donors (Lipinski definition) is 0. The average molecular weight is 264 g/mol. The van der Waals surface area contributed by atoms with Gasteiger partial charge in [0.2, 0.25) is 10.0 Å². The Labute approximate surface area is 101 Å². The predicted octanol–water partition coefficient (Wildman–Crippen LogP) is 1.99. The molecule has 0 fully saturated rings. The fraction of sp³-hybridized carbons (Fsp3) is 0.400. The van der Waals surface area contributed by atoms with Crippen LogP contribution in [0.5, 0.6) is 5.75 Å². The zero-order chi connectivity index (χ0) is 12.3. The summed E-state index contributed by atoms with van der Waals surface area (Å²) in [7, 11) is -0.487. The highest BCUT2D eigenvalue weighted by atomic mass is 35.5. The highest BCUT2D eigenvalue weighted by molar-refractivity contribution is 7.89. The molecule has 16 heavy (non-hydrogen) atoms. The number of sulfonamides is 1. The Bertz CT molecular complexity index is 471. The van der Waals surface area contributed by atoms with Crippen molar-refractivity contribution in [1.82, 2.24) is 4.31 Å². The van der Waals surface area contributed by atoms with Crippen molar-refractivity contribution >= 4 is 21.6 Å². The number of hydrogen-bond acceptors (Lipinski definition) is 3. The molecule has 0 aliphatic heterocycles. The maximum absolute atomic E-state index is 11.8. The summed E-state index contributed by atoms with van der Waals surface area (Å²) in [6.07, 6.45) is 0. The van der Waals surface area contributed by atoms with E-state index in [0.717, 1.165) is 4.31 Å². The van der Waals surface area contributed by atoms with E-state index in [0.29, 0.717) is 17.4 Å². The lowest BCUT2D eigenvalue weighted by molar-refractivity contribution is 0.339. The molecule has 1 rings (SSSR count). The fourth-order valence-corrected chi connectivity index (χ4v) is 2.21. The Balaban J connectivity index is 3.23. The monoisotopic (exact) mass is 263 g/mol. The molecule has 0 bridgehead atoms. The van der Waals surface area contributed by atoms with Crippen LogP contribution < -0.4 is 4.74 Å². The lowest BCUT2D eigenvalue weighted by atomic mass is 10.3. The maximum atomic E-state index is 11.8. The highest BCUT2D eigenvalue weighted by Gasteiger charge is 2.18. The van der Waals surface area contributed by atoms with Gasteiger partial charge in [-0.25, -0.2) is 12.7 Å². The van der Waals surface area contributed by atoms with Crippen LogP contribution in [0.3, 0.4) is 0 Å². The normalized spacial score (nSPS) is 11.8. The van der Waals surface area contributed by atoms with E-state index in [1.54, 1.807) is 0 Å². The molecule has 4 nitrogen and oxygen atoms in total. The lowest BCUT2D eigenvalue weighted by Crippen LogP contribution is -2.22. The summed E-state index contributed by atoms with van der Waals surface area (Å²) in [5.74, 6) is 0.382. The Hall–Kier alpha value is -0.780. The molecule has 90 valence electrons. The first kappa shape index (κ1) is 13.3. The van der Waals surface area contributed by atoms with Gasteiger partial charge in [0.1, 0.15) is 5.75 Å². The molecule has 0 aliphatic carbocycles. The summed E-state index contributed by atoms with van der Waals surface area (Å²) < 4.78 is 30.0. The summed E-state index contributed by atoms with van der Waals surface area (Å²) in [5.41, 5.74) is 0. The highest BCUT2D eigenvalue weighted by Crippen LogP contribution is 2.28. The van der Waals surface area contributed by atoms with Crippen LogP contribution in [-0.2, 0) is 10.0 Å². The standard InChI is InChI=1S/C10H14ClNO3S/c1-4-15-10-7-8(5-6-9(10)11)16(13,14)12(2)3/h5-7H,4H2,1-3H3. The van der Waals surface area contributed by atoms with Crippen molar-refractivity contribution < 1.29 is 13.2 Å². The molecule has 0 aliphatic rings. The quantitative estimate of drug-likeness (QED) is 0.835. The third-order valence-corrected chi connectivity index (χ3v) is 4.10. The second-order valence-corrected chi connectivity index (χ2v) is 5.87. The molecule has 0 radical (unpaired) electrons. The van der Waals surface area contributed by atoms with E-state index in [-0.39, 0.29) is 4.90 Å². The van der Waals surface area contributed by atoms with E-state index in [2.05, 4.69) is 0 Å². The van der Waals surface area contributed by atoms with Crippen molar-refractivity contribution in [3.05, 3.63) is 23.2 Å². The molecule has 0 aromatic heterocycles. The largest absolute Gasteiger partial charge is 0.492 e. The Morgan fingerprint density at radius 1 is 1.38 bits per heavy atom. The van der Waals surface area contributed by atoms with Crippen LogP contribution in [0.25, 0.3) is 0 Å². The van der Waals surface area contributed by atoms with Crippen molar-refractivity contribution in [2.24, 2.45) is 0 Å². The van der Waals surface area contributed by atoms with E-state index in [9.17, 15) is 8.42 Å². The van der Waals surface area contributed by atoms with Crippen LogP contribution >= 0.6 is 11.6 Å². The molecule has 0 amide bonds. The van der Waals surface area contributed by atoms with Crippen LogP contribution in [0.2, 0.25) is 5.02 Å². The minimum Gasteiger partial charge on any atom is -0.492 e. The molecule has 0 N–H and O–H groups in total. The summed E-state index contributed by atoms with van der Waals surface area (Å²) >= 11 is 5.87. The topological polar surface area (TPSA) is 46.6 Å². The van der Waals surface area contributed by atoms with Gasteiger partial charge in [-0.1, -0.05) is 11.6 Å². The minimum absolute atomic E-state index is 0.172. The Morgan fingerprint density at radius 2 is 2.00 bits per heavy atom. The van der Waals surface area contributed by atoms with Crippen LogP contribution in [0.4, 0.5) is 0 Å². The summed E-state index contributed by atoms with van der Waals surface area (Å²) in [5, 5.41) is 0.402. The zero-order valence-corrected chi connectivity index (χ0v) is 11.0. The number of ether oxygens (including phenoxy) is 1. The first-order valence-corrected chi connectivity index (χ1v) is 6.56. The molecular weight excluding hydrogens is 250 g/mol. The maximum Gasteiger partial charge on any atom is 0.242 e. The van der Waals surface area contributed by atoms with Crippen molar-refractivity contribution in [3.8, 4) is 5.75 Å². The van der Waals surface area contributed by atoms with Gasteiger partial charge in [0.25, 0.3) is 0 Å². The smallest absolute Gasteiger partial charge is 0.242 e. The molecule has 0 saturated heterocycles. The molecular formula is C10H14ClNO3S. The van der Waals surface area contributed by atoms with Crippen molar-refractivity contribution in [3.63, 3.8) is 0 Å². The molecule has 0 unspecified atom stereocenters. The second-order valence-electron chi connectivity index (χ2n) is 3.31. The van der Waals surface area contributed by atoms with Crippen molar-refractivity contribution in [2.45, 2.75) is 11.8 Å². The van der Waals surface area contributed by atoms with Gasteiger partial charge >= 0.3 is 0 Å². The van der Waals surface area contributed by atoms with Gasteiger partial charge in [0.05, 0.1) is 16.5 Å². The van der Waals surface area contributed by atoms with E-state index < -0.39 is 10.0 Å². The first-order valence-electron chi connectivity index (χ1n) is 4.74. The molecule has 0 spiro atoms. The summed E-state index contributed by atoms with van der Waals surface area (Å²) in [4.78, 5) is 0.172. The van der Waals surface area contributed by atoms with Gasteiger partial charge in [-0.05, 0) is 19.1 Å². The fourth-order valence-electron chi connectivity index (χ4n) is 1.12. The third-order valence-electron chi connectivity index (χ3n) is 1.98. The van der Waals surface area contributed by atoms with E-state index in [4.69, 9.17) is 16.3 Å². The lowest BCUT2D eigenvalue weighted by Gasteiger charge is -2.13. The summed E-state index contributed by atoms with van der Waals surface area (Å²) in [6.45, 7) is 2.24. The van der Waals surface area contributed by atoms with Gasteiger partial charge in [0.15, 0.2) is 0 Å². The molecule has 1 aromatic rings. The zero-order valence-electron chi connectivity index (χ0n) is 9.40. The van der Waals surface area contributed by atoms with Crippen molar-refractivity contribution in [2.75, 3.05) is 20.7 Å². The minimum atomic E-state index is -3.44. The number of halogens is 1. The van der Waals surface area contributed by atoms with Crippen LogP contribution in [0.15, 0.2) is 23.1 Å². The molecule has 0 atom stereocenters. The van der Waals surface area contributed by atoms with Crippen LogP contribution in [-0.4, -0.2) is 33.4 Å². The summed E-state index contributed by atoms with van der Waals surface area (Å²) in [6, 6.07) is 4.41. The van der Waals surface area contributed by atoms with Gasteiger partial charge in [-0.2, -0.15) is 0 Å². The van der Waals surface area contributed by atoms with Gasteiger partial charge in [-0.3, -0.25) is 0 Å². The first-order chi connectivity index (χ1) is 7.39. The number of benzene rings is 1. The predicted molar refractivity (Wildman–Crippen MR) is 63.5 cm³/mol. The van der Waals surface area contributed by atoms with Crippen molar-refractivity contribution in [1.29, 1.82) is 0 Å². The number of rotatable bonds is 4. The number of nitrogens with zero attached hydrogens (tertiary/aromatic N) is 1. The molecule has 0 saturated carbocycles. The Morgan fingerprint density at radius 3 is 2.50 bits per heavy atom. The second kappa shape index (κ2) is 5.03. The average Bonchev–Trinajstić information content (AvgIpc) is 2.21. The van der Waals surface area contributed by atoms with E-state index in [1.807, 2.05) is 6.92 Å². The SMILES string of the molecule is CCOc1cc(S(=O)(=O)N(C)C)ccc1Cl. The van der Waals surface area contributed by atoms with E-state index in [1.165, 1.54) is 32.3 Å². The van der Waals surface area contributed by atoms with Gasteiger partial charge in [0, 0.05) is 20.2 Å². The molecule has 0 heterocycles. The van der Waals surface area contributed by atoms with Gasteiger partial charge in [-0.15, -0.1) is 0 Å². The Kier molecular flexibility index (Phi) is 4.18. The third kappa shape index (κ3) is 2.66. The molecule has 1 aromatic carbocycles. The molecule has 6 heteroatoms. The van der Waals surface area contributed by atoms with Crippen LogP contribution in [0.1, 0.15) is 6.92 Å². The van der Waals surface area contributed by atoms with E-state index >= 15 is 0 Å².